The van der Waals surface area contributed by atoms with E-state index in [0.717, 1.165) is 6.92 Å². The third kappa shape index (κ3) is 19.3. The van der Waals surface area contributed by atoms with Gasteiger partial charge in [0.1, 0.15) is 195 Å². The van der Waals surface area contributed by atoms with Gasteiger partial charge in [0.25, 0.3) is 0 Å². The lowest BCUT2D eigenvalue weighted by atomic mass is 9.95. The minimum atomic E-state index is -2.13. The van der Waals surface area contributed by atoms with Crippen molar-refractivity contribution in [2.24, 2.45) is 0 Å². The molecule has 0 aliphatic carbocycles. The van der Waals surface area contributed by atoms with Crippen molar-refractivity contribution in [3.05, 3.63) is 0 Å². The maximum absolute atomic E-state index is 12.4. The molecule has 0 saturated carbocycles. The van der Waals surface area contributed by atoms with Crippen LogP contribution in [0, 0.1) is 0 Å². The number of amides is 1. The van der Waals surface area contributed by atoms with E-state index in [1.165, 1.54) is 76.5 Å². The molecule has 10 aliphatic rings. The summed E-state index contributed by atoms with van der Waals surface area (Å²) in [7, 11) is 2.38. The first-order chi connectivity index (χ1) is 52.8. The molecule has 0 aromatic heterocycles. The Morgan fingerprint density at radius 3 is 0.839 bits per heavy atom. The Kier molecular flexibility index (Phi) is 31.9. The Hall–Kier alpha value is -2.54. The van der Waals surface area contributed by atoms with Crippen LogP contribution >= 0.6 is 0 Å². The molecule has 0 spiro atoms. The van der Waals surface area contributed by atoms with Crippen LogP contribution in [0.2, 0.25) is 0 Å². The molecule has 45 nitrogen and oxygen atoms in total. The van der Waals surface area contributed by atoms with Crippen LogP contribution in [-0.4, -0.2) is 455 Å². The first-order valence-corrected chi connectivity index (χ1v) is 37.2. The van der Waals surface area contributed by atoms with Crippen LogP contribution in [0.5, 0.6) is 0 Å². The Balaban J connectivity index is 0.806. The third-order valence-corrected chi connectivity index (χ3v) is 22.0. The normalized spacial score (nSPS) is 53.5. The minimum Gasteiger partial charge on any atom is -0.394 e. The molecular formula is C67H113NO44. The molecule has 10 fully saturated rings. The van der Waals surface area contributed by atoms with E-state index >= 15 is 0 Å². The third-order valence-electron chi connectivity index (χ3n) is 22.0. The zero-order valence-electron chi connectivity index (χ0n) is 63.2. The number of hydrogen-bond acceptors (Lipinski definition) is 44. The zero-order valence-corrected chi connectivity index (χ0v) is 63.2. The highest BCUT2D eigenvalue weighted by Crippen LogP contribution is 2.41. The molecule has 650 valence electrons. The standard InChI is InChI=1S/C67H113NO44/c1-16-29(73)39(83)56(111-58-28(68-25(10)72)38(82)47(91-11)27(15-71)103-58)66(100-16)109-53-35(79)22(7)97-63(45(53)89)106-50-32(76)20(5)96-62(43(50)87)108-52-34(78)21(6)99-65(44(52)88)112-57-55(92-12)37(81)24(9)101-67(57)110-54-36(80)23(8)98-64(46(54)90)107-51-33(77)19(4)95-61(42(51)86)105-49-31(75)18(3)94-60(41(49)85)104-48-30(74)17(2)93-59(40(48)84)102-26(13-69)14-70/h13,16-24,26-67,70-71,73-90H,14-15H2,1-12H3,(H,68,72)/t16-,17-,18-,19-,20-,21-,22-,23-,24-,26?,27-,28-,29-,30-,31-,32-,33-,34-,35-,36-,37-,38-,39+,40+,41+,42+,43+,44+,45+,46+,47-,48+,49+,50+,51+,52+,53+,54+,55+,56+,57+,58+,59-,60-,61-,62-,63-,64-,65-,66-,67-/m1/s1. The van der Waals surface area contributed by atoms with Gasteiger partial charge in [-0.2, -0.15) is 0 Å². The Bertz CT molecular complexity index is 2930. The molecule has 10 saturated heterocycles. The quantitative estimate of drug-likeness (QED) is 0.0358. The number of aliphatic hydroxyl groups is 20. The van der Waals surface area contributed by atoms with Gasteiger partial charge in [-0.1, -0.05) is 0 Å². The number of methoxy groups -OCH3 is 2. The Labute approximate surface area is 641 Å². The van der Waals surface area contributed by atoms with Crippen LogP contribution in [0.15, 0.2) is 0 Å². The molecule has 10 heterocycles. The summed E-state index contributed by atoms with van der Waals surface area (Å²) in [6, 6.07) is -1.44. The van der Waals surface area contributed by atoms with Crippen molar-refractivity contribution < 1.29 is 216 Å². The zero-order chi connectivity index (χ0) is 82.4. The van der Waals surface area contributed by atoms with E-state index in [1.807, 2.05) is 0 Å². The molecular weight excluding hydrogens is 1520 g/mol. The second kappa shape index (κ2) is 38.9. The smallest absolute Gasteiger partial charge is 0.217 e. The maximum atomic E-state index is 12.4. The van der Waals surface area contributed by atoms with Crippen LogP contribution in [-0.2, 0) is 114 Å². The average Bonchev–Trinajstić information content (AvgIpc) is 0.773. The van der Waals surface area contributed by atoms with E-state index in [9.17, 15) is 112 Å². The summed E-state index contributed by atoms with van der Waals surface area (Å²) in [4.78, 5) is 23.8. The lowest BCUT2D eigenvalue weighted by molar-refractivity contribution is -0.404. The van der Waals surface area contributed by atoms with E-state index < -0.39 is 332 Å². The highest BCUT2D eigenvalue weighted by molar-refractivity contribution is 5.73. The highest BCUT2D eigenvalue weighted by atomic mass is 16.8. The minimum absolute atomic E-state index is 0.248. The van der Waals surface area contributed by atoms with E-state index in [4.69, 9.17) is 104 Å². The molecule has 21 N–H and O–H groups in total. The molecule has 1 unspecified atom stereocenters. The summed E-state index contributed by atoms with van der Waals surface area (Å²) in [6.07, 6.45) is -85.0. The largest absolute Gasteiger partial charge is 0.394 e. The van der Waals surface area contributed by atoms with Crippen LogP contribution < -0.4 is 5.32 Å². The monoisotopic (exact) mass is 1640 g/mol. The molecule has 112 heavy (non-hydrogen) atoms. The van der Waals surface area contributed by atoms with Gasteiger partial charge in [0.05, 0.1) is 68.1 Å². The van der Waals surface area contributed by atoms with Gasteiger partial charge in [-0.25, -0.2) is 0 Å². The number of hydrogen-bond donors (Lipinski definition) is 21. The van der Waals surface area contributed by atoms with Crippen molar-refractivity contribution in [1.82, 2.24) is 5.32 Å². The average molecular weight is 1640 g/mol. The molecule has 10 rings (SSSR count). The van der Waals surface area contributed by atoms with Gasteiger partial charge in [-0.3, -0.25) is 4.79 Å². The fourth-order valence-corrected chi connectivity index (χ4v) is 15.2. The molecule has 0 aromatic carbocycles. The summed E-state index contributed by atoms with van der Waals surface area (Å²) in [5.74, 6) is -0.672. The van der Waals surface area contributed by atoms with Crippen molar-refractivity contribution in [2.45, 2.75) is 382 Å². The van der Waals surface area contributed by atoms with E-state index in [2.05, 4.69) is 5.32 Å². The van der Waals surface area contributed by atoms with Gasteiger partial charge >= 0.3 is 0 Å². The highest BCUT2D eigenvalue weighted by Gasteiger charge is 2.61. The molecule has 1 amide bonds. The van der Waals surface area contributed by atoms with Crippen molar-refractivity contribution in [1.29, 1.82) is 0 Å². The fourth-order valence-electron chi connectivity index (χ4n) is 15.2. The fraction of sp³-hybridized carbons (Fsp3) is 0.970. The van der Waals surface area contributed by atoms with Crippen LogP contribution in [0.1, 0.15) is 69.2 Å². The summed E-state index contributed by atoms with van der Waals surface area (Å²) >= 11 is 0. The molecule has 0 radical (unpaired) electrons. The van der Waals surface area contributed by atoms with Crippen LogP contribution in [0.4, 0.5) is 0 Å². The lowest BCUT2D eigenvalue weighted by Crippen LogP contribution is -2.69. The molecule has 0 bridgehead atoms. The predicted molar refractivity (Wildman–Crippen MR) is 354 cm³/mol. The number of aliphatic hydroxyl groups excluding tert-OH is 20. The van der Waals surface area contributed by atoms with Crippen LogP contribution in [0.25, 0.3) is 0 Å². The van der Waals surface area contributed by atoms with Crippen molar-refractivity contribution >= 4 is 12.2 Å². The first-order valence-electron chi connectivity index (χ1n) is 37.2. The van der Waals surface area contributed by atoms with Gasteiger partial charge in [0, 0.05) is 21.1 Å². The number of aldehydes is 1. The second-order valence-electron chi connectivity index (χ2n) is 30.0. The van der Waals surface area contributed by atoms with Gasteiger partial charge < -0.3 is 216 Å². The van der Waals surface area contributed by atoms with Crippen LogP contribution in [0.3, 0.4) is 0 Å². The SMILES string of the molecule is CO[C@H]1[C@H](O)[C@@H](C)O[C@H](O[C@@H]2[C@H](O)[C@@H](O[C@@H]3[C@H](O)[C@@H](O[C@@H]4[C@H](O)[C@@H](O[C@@H]5[C@H](O)[C@@H](OC(C=O)CO)O[C@H](C)[C@H]5O)O[C@H](C)[C@H]4O)O[C@H](C)[C@H]3O)O[C@H](C)[C@H]2O)[C@H]1O[C@H]1O[C@H](C)[C@@H](O)[C@H](O[C@H]2O[C@H](C)[C@@H](O)[C@H](O[C@H]3O[C@H](C)[C@@H](O)[C@H](O[C@H]4O[C@H](C)[C@@H](O)[C@H](O)[C@@H]4O[C@@H]4O[C@H](CO)[C@@H](OC)[C@H](O)[C@H]4NC(C)=O)[C@@H]3O)[C@@H]2O)[C@@H]1O. The lowest BCUT2D eigenvalue weighted by Gasteiger charge is -2.50. The number of carbonyl (C=O) groups excluding carboxylic acids is 2. The summed E-state index contributed by atoms with van der Waals surface area (Å²) in [6.45, 7) is 11.7. The Morgan fingerprint density at radius 1 is 0.304 bits per heavy atom. The van der Waals surface area contributed by atoms with Crippen molar-refractivity contribution in [3.63, 3.8) is 0 Å². The molecule has 0 aromatic rings. The second-order valence-corrected chi connectivity index (χ2v) is 30.0. The molecule has 45 heteroatoms. The topological polar surface area (TPSA) is 654 Å². The van der Waals surface area contributed by atoms with Crippen molar-refractivity contribution in [2.75, 3.05) is 27.4 Å². The number of carbonyl (C=O) groups is 2. The summed E-state index contributed by atoms with van der Waals surface area (Å²) in [5.41, 5.74) is 0. The van der Waals surface area contributed by atoms with Gasteiger partial charge in [0.2, 0.25) is 5.91 Å². The van der Waals surface area contributed by atoms with E-state index in [1.54, 1.807) is 0 Å². The predicted octanol–water partition coefficient (Wildman–Crippen LogP) is -12.5. The summed E-state index contributed by atoms with van der Waals surface area (Å²) < 4.78 is 130. The van der Waals surface area contributed by atoms with Crippen molar-refractivity contribution in [3.8, 4) is 0 Å². The Morgan fingerprint density at radius 2 is 0.554 bits per heavy atom. The molecule has 51 atom stereocenters. The van der Waals surface area contributed by atoms with Gasteiger partial charge in [-0.05, 0) is 62.3 Å². The summed E-state index contributed by atoms with van der Waals surface area (Å²) in [5, 5.41) is 231. The molecule has 10 aliphatic heterocycles. The number of rotatable bonds is 26. The van der Waals surface area contributed by atoms with Gasteiger partial charge in [-0.15, -0.1) is 0 Å². The number of ether oxygens (including phenoxy) is 22. The first kappa shape index (κ1) is 91.8. The van der Waals surface area contributed by atoms with E-state index in [0.29, 0.717) is 0 Å². The maximum Gasteiger partial charge on any atom is 0.217 e. The number of nitrogens with one attached hydrogen (secondary N) is 1. The van der Waals surface area contributed by atoms with Gasteiger partial charge in [0.15, 0.2) is 69.2 Å². The van der Waals surface area contributed by atoms with E-state index in [-0.39, 0.29) is 6.29 Å².